The number of alkyl halides is 2. The zero-order valence-corrected chi connectivity index (χ0v) is 12.5. The zero-order chi connectivity index (χ0) is 15.4. The van der Waals surface area contributed by atoms with Gasteiger partial charge in [-0.15, -0.1) is 11.8 Å². The quantitative estimate of drug-likeness (QED) is 0.849. The molecule has 1 aliphatic carbocycles. The van der Waals surface area contributed by atoms with Gasteiger partial charge in [-0.3, -0.25) is 4.79 Å². The van der Waals surface area contributed by atoms with Crippen LogP contribution in [0.25, 0.3) is 0 Å². The van der Waals surface area contributed by atoms with Crippen molar-refractivity contribution in [2.45, 2.75) is 41.8 Å². The lowest BCUT2D eigenvalue weighted by Crippen LogP contribution is -2.26. The van der Waals surface area contributed by atoms with Gasteiger partial charge < -0.3 is 9.84 Å². The predicted molar refractivity (Wildman–Crippen MR) is 74.9 cm³/mol. The van der Waals surface area contributed by atoms with Crippen LogP contribution in [-0.2, 0) is 9.53 Å². The minimum atomic E-state index is -2.62. The summed E-state index contributed by atoms with van der Waals surface area (Å²) in [6, 6.07) is 3.23. The number of methoxy groups -OCH3 is 1. The van der Waals surface area contributed by atoms with Crippen LogP contribution < -0.4 is 0 Å². The molecular weight excluding hydrogens is 298 g/mol. The Hall–Kier alpha value is -1.30. The molecule has 1 aromatic rings. The van der Waals surface area contributed by atoms with Crippen molar-refractivity contribution in [2.75, 3.05) is 7.11 Å². The van der Waals surface area contributed by atoms with Crippen molar-refractivity contribution >= 4 is 17.7 Å². The van der Waals surface area contributed by atoms with E-state index >= 15 is 0 Å². The van der Waals surface area contributed by atoms with Gasteiger partial charge in [-0.2, -0.15) is 0 Å². The number of ether oxygens (including phenoxy) is 1. The Balaban J connectivity index is 2.00. The Bertz CT molecular complexity index is 603. The number of hydrogen-bond donors (Lipinski definition) is 1. The van der Waals surface area contributed by atoms with Crippen LogP contribution in [0.15, 0.2) is 17.0 Å². The smallest absolute Gasteiger partial charge is 0.313 e. The molecule has 0 bridgehead atoms. The fraction of sp³-hybridized carbons (Fsp3) is 0.533. The first-order chi connectivity index (χ1) is 9.85. The number of thioether (sulfide) groups is 1. The van der Waals surface area contributed by atoms with Crippen LogP contribution in [0.1, 0.15) is 29.9 Å². The van der Waals surface area contributed by atoms with Gasteiger partial charge in [0.25, 0.3) is 5.92 Å². The fourth-order valence-corrected chi connectivity index (χ4v) is 4.62. The summed E-state index contributed by atoms with van der Waals surface area (Å²) in [5.74, 6) is -4.14. The Kier molecular flexibility index (Phi) is 3.39. The highest BCUT2D eigenvalue weighted by Crippen LogP contribution is 2.59. The predicted octanol–water partition coefficient (Wildman–Crippen LogP) is 3.48. The Morgan fingerprint density at radius 2 is 2.14 bits per heavy atom. The first-order valence-corrected chi connectivity index (χ1v) is 7.68. The number of hydrogen-bond acceptors (Lipinski definition) is 4. The van der Waals surface area contributed by atoms with Gasteiger partial charge in [0.05, 0.1) is 13.0 Å². The normalized spacial score (nSPS) is 29.6. The molecule has 21 heavy (non-hydrogen) atoms. The molecule has 3 rings (SSSR count). The third kappa shape index (κ3) is 2.39. The van der Waals surface area contributed by atoms with Crippen molar-refractivity contribution in [1.29, 1.82) is 0 Å². The number of aromatic hydroxyl groups is 1. The summed E-state index contributed by atoms with van der Waals surface area (Å²) < 4.78 is 31.6. The molecule has 1 N–H and O–H groups in total. The molecule has 3 atom stereocenters. The third-order valence-corrected chi connectivity index (χ3v) is 5.93. The maximum Gasteiger partial charge on any atom is 0.313 e. The van der Waals surface area contributed by atoms with E-state index in [4.69, 9.17) is 4.74 Å². The minimum Gasteiger partial charge on any atom is -0.508 e. The summed E-state index contributed by atoms with van der Waals surface area (Å²) >= 11 is 1.35. The molecule has 0 aromatic heterocycles. The summed E-state index contributed by atoms with van der Waals surface area (Å²) in [6.07, 6.45) is 0.237. The summed E-state index contributed by atoms with van der Waals surface area (Å²) in [4.78, 5) is 12.7. The number of phenols is 1. The number of fused-ring (bicyclic) bond motifs is 1. The van der Waals surface area contributed by atoms with E-state index < -0.39 is 23.7 Å². The van der Waals surface area contributed by atoms with Crippen molar-refractivity contribution in [3.8, 4) is 5.75 Å². The van der Waals surface area contributed by atoms with Crippen molar-refractivity contribution in [1.82, 2.24) is 0 Å². The van der Waals surface area contributed by atoms with E-state index in [2.05, 4.69) is 0 Å². The average Bonchev–Trinajstić information content (AvgIpc) is 3.10. The second-order valence-corrected chi connectivity index (χ2v) is 6.92. The van der Waals surface area contributed by atoms with Crippen molar-refractivity contribution in [2.24, 2.45) is 5.92 Å². The maximum absolute atomic E-state index is 13.4. The minimum absolute atomic E-state index is 0.119. The molecule has 1 aromatic carbocycles. The SMILES string of the molecule is COC(=O)C1CC(C2CC2(F)F)Sc2c1ccc(O)c2C. The molecule has 0 spiro atoms. The summed E-state index contributed by atoms with van der Waals surface area (Å²) in [7, 11) is 1.30. The first kappa shape index (κ1) is 14.6. The molecule has 6 heteroatoms. The largest absolute Gasteiger partial charge is 0.508 e. The molecule has 2 aliphatic rings. The van der Waals surface area contributed by atoms with Crippen molar-refractivity contribution in [3.63, 3.8) is 0 Å². The van der Waals surface area contributed by atoms with Crippen LogP contribution in [0.4, 0.5) is 8.78 Å². The van der Waals surface area contributed by atoms with E-state index in [-0.39, 0.29) is 17.4 Å². The molecule has 3 nitrogen and oxygen atoms in total. The molecule has 0 saturated heterocycles. The highest BCUT2D eigenvalue weighted by Gasteiger charge is 2.61. The molecule has 3 unspecified atom stereocenters. The van der Waals surface area contributed by atoms with Gasteiger partial charge in [0, 0.05) is 28.0 Å². The van der Waals surface area contributed by atoms with Gasteiger partial charge in [0.1, 0.15) is 5.75 Å². The number of rotatable bonds is 2. The molecule has 1 fully saturated rings. The van der Waals surface area contributed by atoms with E-state index in [1.54, 1.807) is 13.0 Å². The van der Waals surface area contributed by atoms with Gasteiger partial charge >= 0.3 is 5.97 Å². The highest BCUT2D eigenvalue weighted by molar-refractivity contribution is 8.00. The monoisotopic (exact) mass is 314 g/mol. The summed E-state index contributed by atoms with van der Waals surface area (Å²) in [5.41, 5.74) is 1.41. The molecular formula is C15H16F2O3S. The van der Waals surface area contributed by atoms with Crippen LogP contribution in [0.2, 0.25) is 0 Å². The van der Waals surface area contributed by atoms with Gasteiger partial charge in [-0.25, -0.2) is 8.78 Å². The highest BCUT2D eigenvalue weighted by atomic mass is 32.2. The second-order valence-electron chi connectivity index (χ2n) is 5.67. The Morgan fingerprint density at radius 3 is 2.71 bits per heavy atom. The average molecular weight is 314 g/mol. The molecule has 1 heterocycles. The number of benzene rings is 1. The zero-order valence-electron chi connectivity index (χ0n) is 11.7. The fourth-order valence-electron chi connectivity index (χ4n) is 2.94. The van der Waals surface area contributed by atoms with E-state index in [9.17, 15) is 18.7 Å². The van der Waals surface area contributed by atoms with Crippen LogP contribution in [0, 0.1) is 12.8 Å². The summed E-state index contributed by atoms with van der Waals surface area (Å²) in [6.45, 7) is 1.74. The maximum atomic E-state index is 13.4. The van der Waals surface area contributed by atoms with E-state index in [0.717, 1.165) is 10.5 Å². The number of phenolic OH excluding ortho intramolecular Hbond substituents is 1. The topological polar surface area (TPSA) is 46.5 Å². The lowest BCUT2D eigenvalue weighted by atomic mass is 9.90. The van der Waals surface area contributed by atoms with E-state index in [1.165, 1.54) is 24.9 Å². The van der Waals surface area contributed by atoms with Gasteiger partial charge in [0.2, 0.25) is 0 Å². The van der Waals surface area contributed by atoms with Crippen molar-refractivity contribution < 1.29 is 23.4 Å². The second kappa shape index (κ2) is 4.87. The molecule has 1 saturated carbocycles. The lowest BCUT2D eigenvalue weighted by molar-refractivity contribution is -0.142. The van der Waals surface area contributed by atoms with E-state index in [0.29, 0.717) is 12.0 Å². The molecule has 114 valence electrons. The van der Waals surface area contributed by atoms with E-state index in [1.807, 2.05) is 0 Å². The van der Waals surface area contributed by atoms with Crippen LogP contribution >= 0.6 is 11.8 Å². The number of carbonyl (C=O) groups excluding carboxylic acids is 1. The van der Waals surface area contributed by atoms with Gasteiger partial charge in [-0.05, 0) is 25.0 Å². The number of carbonyl (C=O) groups is 1. The summed E-state index contributed by atoms with van der Waals surface area (Å²) in [5, 5.41) is 9.50. The van der Waals surface area contributed by atoms with Crippen LogP contribution in [0.5, 0.6) is 5.75 Å². The standard InChI is InChI=1S/C15H16F2O3S/c1-7-11(18)4-3-8-9(14(19)20-2)5-12(21-13(7)8)10-6-15(10,16)17/h3-4,9-10,12,18H,5-6H2,1-2H3. The first-order valence-electron chi connectivity index (χ1n) is 6.80. The molecule has 1 aliphatic heterocycles. The van der Waals surface area contributed by atoms with Gasteiger partial charge in [0.15, 0.2) is 0 Å². The lowest BCUT2D eigenvalue weighted by Gasteiger charge is -2.31. The van der Waals surface area contributed by atoms with Crippen molar-refractivity contribution in [3.05, 3.63) is 23.3 Å². The van der Waals surface area contributed by atoms with Crippen LogP contribution in [0.3, 0.4) is 0 Å². The molecule has 0 radical (unpaired) electrons. The number of esters is 1. The molecule has 0 amide bonds. The third-order valence-electron chi connectivity index (χ3n) is 4.33. The van der Waals surface area contributed by atoms with Crippen LogP contribution in [-0.4, -0.2) is 29.4 Å². The Morgan fingerprint density at radius 1 is 1.48 bits per heavy atom. The Labute approximate surface area is 125 Å². The van der Waals surface area contributed by atoms with Gasteiger partial charge in [-0.1, -0.05) is 6.07 Å². The number of halogens is 2.